The Hall–Kier alpha value is -1.74. The standard InChI is InChI=1S/C18H26N2O/c1-13(2)19-10-16-9-18(21-12-16)11-20(5)17-7-14(3)6-15(4)8-17/h6-9,12-13,19H,10-11H2,1-5H3. The normalized spacial score (nSPS) is 11.1. The number of hydrogen-bond donors (Lipinski definition) is 1. The lowest BCUT2D eigenvalue weighted by atomic mass is 10.1. The minimum absolute atomic E-state index is 0.487. The molecule has 114 valence electrons. The number of hydrogen-bond acceptors (Lipinski definition) is 3. The fourth-order valence-corrected chi connectivity index (χ4v) is 2.42. The van der Waals surface area contributed by atoms with Crippen LogP contribution in [-0.4, -0.2) is 13.1 Å². The van der Waals surface area contributed by atoms with E-state index in [0.717, 1.165) is 18.8 Å². The van der Waals surface area contributed by atoms with E-state index in [9.17, 15) is 0 Å². The SMILES string of the molecule is Cc1cc(C)cc(N(C)Cc2cc(CNC(C)C)co2)c1. The van der Waals surface area contributed by atoms with Crippen LogP contribution in [0, 0.1) is 13.8 Å². The summed E-state index contributed by atoms with van der Waals surface area (Å²) in [4.78, 5) is 2.22. The van der Waals surface area contributed by atoms with Crippen LogP contribution in [0.5, 0.6) is 0 Å². The van der Waals surface area contributed by atoms with Gasteiger partial charge < -0.3 is 14.6 Å². The van der Waals surface area contributed by atoms with Gasteiger partial charge in [0, 0.05) is 30.9 Å². The maximum Gasteiger partial charge on any atom is 0.123 e. The first-order chi connectivity index (χ1) is 9.94. The van der Waals surface area contributed by atoms with Crippen molar-refractivity contribution >= 4 is 5.69 Å². The molecule has 0 aliphatic carbocycles. The summed E-state index contributed by atoms with van der Waals surface area (Å²) in [6.45, 7) is 10.2. The van der Waals surface area contributed by atoms with E-state index in [0.29, 0.717) is 6.04 Å². The molecular formula is C18H26N2O. The fourth-order valence-electron chi connectivity index (χ4n) is 2.42. The van der Waals surface area contributed by atoms with Crippen LogP contribution in [0.1, 0.15) is 36.3 Å². The summed E-state index contributed by atoms with van der Waals surface area (Å²) in [6.07, 6.45) is 1.85. The van der Waals surface area contributed by atoms with E-state index in [1.165, 1.54) is 22.4 Å². The molecule has 0 aliphatic heterocycles. The molecule has 0 amide bonds. The van der Waals surface area contributed by atoms with Crippen LogP contribution in [0.4, 0.5) is 5.69 Å². The van der Waals surface area contributed by atoms with Gasteiger partial charge in [0.05, 0.1) is 12.8 Å². The highest BCUT2D eigenvalue weighted by Crippen LogP contribution is 2.20. The lowest BCUT2D eigenvalue weighted by Crippen LogP contribution is -2.21. The second-order valence-corrected chi connectivity index (χ2v) is 6.16. The van der Waals surface area contributed by atoms with E-state index in [1.54, 1.807) is 0 Å². The molecule has 0 saturated carbocycles. The molecule has 0 bridgehead atoms. The zero-order valence-electron chi connectivity index (χ0n) is 13.7. The average Bonchev–Trinajstić information content (AvgIpc) is 2.83. The van der Waals surface area contributed by atoms with E-state index in [2.05, 4.69) is 69.2 Å². The predicted octanol–water partition coefficient (Wildman–Crippen LogP) is 4.03. The highest BCUT2D eigenvalue weighted by Gasteiger charge is 2.08. The van der Waals surface area contributed by atoms with Crippen molar-refractivity contribution in [1.29, 1.82) is 0 Å². The number of anilines is 1. The van der Waals surface area contributed by atoms with Gasteiger partial charge in [0.2, 0.25) is 0 Å². The quantitative estimate of drug-likeness (QED) is 0.869. The summed E-state index contributed by atoms with van der Waals surface area (Å²) in [7, 11) is 2.10. The second kappa shape index (κ2) is 6.81. The van der Waals surface area contributed by atoms with Gasteiger partial charge in [0.25, 0.3) is 0 Å². The Kier molecular flexibility index (Phi) is 5.07. The Morgan fingerprint density at radius 3 is 2.38 bits per heavy atom. The third-order valence-corrected chi connectivity index (χ3v) is 3.46. The summed E-state index contributed by atoms with van der Waals surface area (Å²) < 4.78 is 5.67. The molecule has 0 spiro atoms. The second-order valence-electron chi connectivity index (χ2n) is 6.16. The molecule has 1 aromatic heterocycles. The predicted molar refractivity (Wildman–Crippen MR) is 88.7 cm³/mol. The summed E-state index contributed by atoms with van der Waals surface area (Å²) in [5.41, 5.74) is 5.01. The molecule has 1 aromatic carbocycles. The fraction of sp³-hybridized carbons (Fsp3) is 0.444. The van der Waals surface area contributed by atoms with Gasteiger partial charge in [-0.25, -0.2) is 0 Å². The molecule has 3 nitrogen and oxygen atoms in total. The number of nitrogens with zero attached hydrogens (tertiary/aromatic N) is 1. The summed E-state index contributed by atoms with van der Waals surface area (Å²) in [5.74, 6) is 0.997. The van der Waals surface area contributed by atoms with Gasteiger partial charge in [-0.3, -0.25) is 0 Å². The topological polar surface area (TPSA) is 28.4 Å². The van der Waals surface area contributed by atoms with Crippen molar-refractivity contribution in [3.05, 3.63) is 53.0 Å². The van der Waals surface area contributed by atoms with Gasteiger partial charge in [-0.05, 0) is 43.2 Å². The maximum atomic E-state index is 5.67. The third-order valence-electron chi connectivity index (χ3n) is 3.46. The summed E-state index contributed by atoms with van der Waals surface area (Å²) >= 11 is 0. The van der Waals surface area contributed by atoms with E-state index in [4.69, 9.17) is 4.42 Å². The number of rotatable bonds is 6. The van der Waals surface area contributed by atoms with Gasteiger partial charge in [0.1, 0.15) is 5.76 Å². The van der Waals surface area contributed by atoms with E-state index in [1.807, 2.05) is 6.26 Å². The molecule has 1 N–H and O–H groups in total. The van der Waals surface area contributed by atoms with E-state index >= 15 is 0 Å². The molecule has 0 atom stereocenters. The van der Waals surface area contributed by atoms with Crippen LogP contribution in [0.15, 0.2) is 34.9 Å². The molecule has 0 unspecified atom stereocenters. The average molecular weight is 286 g/mol. The maximum absolute atomic E-state index is 5.67. The van der Waals surface area contributed by atoms with Gasteiger partial charge in [0.15, 0.2) is 0 Å². The molecule has 1 heterocycles. The van der Waals surface area contributed by atoms with Gasteiger partial charge in [-0.15, -0.1) is 0 Å². The minimum atomic E-state index is 0.487. The molecule has 0 fully saturated rings. The van der Waals surface area contributed by atoms with Crippen LogP contribution in [0.25, 0.3) is 0 Å². The number of aryl methyl sites for hydroxylation is 2. The Bertz CT molecular complexity index is 566. The van der Waals surface area contributed by atoms with Crippen molar-refractivity contribution in [3.8, 4) is 0 Å². The van der Waals surface area contributed by atoms with Crippen molar-refractivity contribution in [3.63, 3.8) is 0 Å². The van der Waals surface area contributed by atoms with Crippen LogP contribution < -0.4 is 10.2 Å². The monoisotopic (exact) mass is 286 g/mol. The smallest absolute Gasteiger partial charge is 0.123 e. The Balaban J connectivity index is 2.00. The van der Waals surface area contributed by atoms with Crippen molar-refractivity contribution < 1.29 is 4.42 Å². The zero-order chi connectivity index (χ0) is 15.4. The van der Waals surface area contributed by atoms with Crippen molar-refractivity contribution in [2.24, 2.45) is 0 Å². The molecular weight excluding hydrogens is 260 g/mol. The number of nitrogens with one attached hydrogen (secondary N) is 1. The van der Waals surface area contributed by atoms with Crippen LogP contribution in [0.3, 0.4) is 0 Å². The van der Waals surface area contributed by atoms with Crippen LogP contribution in [-0.2, 0) is 13.1 Å². The van der Waals surface area contributed by atoms with Gasteiger partial charge in [-0.1, -0.05) is 19.9 Å². The lowest BCUT2D eigenvalue weighted by Gasteiger charge is -2.19. The Morgan fingerprint density at radius 2 is 1.76 bits per heavy atom. The van der Waals surface area contributed by atoms with Crippen molar-refractivity contribution in [2.75, 3.05) is 11.9 Å². The first kappa shape index (κ1) is 15.6. The molecule has 2 aromatic rings. The lowest BCUT2D eigenvalue weighted by molar-refractivity contribution is 0.503. The van der Waals surface area contributed by atoms with E-state index in [-0.39, 0.29) is 0 Å². The van der Waals surface area contributed by atoms with Gasteiger partial charge >= 0.3 is 0 Å². The number of furan rings is 1. The first-order valence-corrected chi connectivity index (χ1v) is 7.53. The molecule has 3 heteroatoms. The molecule has 0 saturated heterocycles. The molecule has 0 aliphatic rings. The van der Waals surface area contributed by atoms with Crippen LogP contribution in [0.2, 0.25) is 0 Å². The third kappa shape index (κ3) is 4.64. The first-order valence-electron chi connectivity index (χ1n) is 7.53. The van der Waals surface area contributed by atoms with Crippen molar-refractivity contribution in [2.45, 2.75) is 46.8 Å². The highest BCUT2D eigenvalue weighted by molar-refractivity contribution is 5.50. The molecule has 21 heavy (non-hydrogen) atoms. The van der Waals surface area contributed by atoms with E-state index < -0.39 is 0 Å². The summed E-state index contributed by atoms with van der Waals surface area (Å²) in [6, 6.07) is 9.23. The number of benzene rings is 1. The molecule has 2 rings (SSSR count). The summed E-state index contributed by atoms with van der Waals surface area (Å²) in [5, 5.41) is 3.40. The largest absolute Gasteiger partial charge is 0.467 e. The van der Waals surface area contributed by atoms with Gasteiger partial charge in [-0.2, -0.15) is 0 Å². The molecule has 0 radical (unpaired) electrons. The zero-order valence-corrected chi connectivity index (χ0v) is 13.7. The van der Waals surface area contributed by atoms with Crippen LogP contribution >= 0.6 is 0 Å². The Morgan fingerprint density at radius 1 is 1.10 bits per heavy atom. The minimum Gasteiger partial charge on any atom is -0.467 e. The Labute approximate surface area is 128 Å². The highest BCUT2D eigenvalue weighted by atomic mass is 16.3. The van der Waals surface area contributed by atoms with Crippen molar-refractivity contribution in [1.82, 2.24) is 5.32 Å².